The van der Waals surface area contributed by atoms with Crippen molar-refractivity contribution in [2.75, 3.05) is 0 Å². The zero-order chi connectivity index (χ0) is 13.7. The molecular weight excluding hydrogens is 299 g/mol. The topological polar surface area (TPSA) is 80.9 Å². The second-order valence-corrected chi connectivity index (χ2v) is 2.36. The molecule has 4 N–H and O–H groups in total. The predicted octanol–water partition coefficient (Wildman–Crippen LogP) is 3.72. The maximum atomic E-state index is 7.75. The van der Waals surface area contributed by atoms with Crippen LogP contribution in [0, 0.1) is 26.4 Å². The summed E-state index contributed by atoms with van der Waals surface area (Å²) in [6.45, 7) is 12.0. The Hall–Kier alpha value is 0.723. The van der Waals surface area contributed by atoms with Gasteiger partial charge in [-0.2, -0.15) is 25.7 Å². The average molecular weight is 328 g/mol. The molecule has 0 aromatic heterocycles. The van der Waals surface area contributed by atoms with E-state index in [4.69, 9.17) is 20.4 Å². The molecule has 17 heavy (non-hydrogen) atoms. The van der Waals surface area contributed by atoms with Crippen LogP contribution in [0.4, 0.5) is 0 Å². The van der Waals surface area contributed by atoms with E-state index in [1.807, 2.05) is 27.7 Å². The van der Waals surface area contributed by atoms with Gasteiger partial charge in [-0.3, -0.25) is 0 Å². The van der Waals surface area contributed by atoms with Gasteiger partial charge in [0.25, 0.3) is 0 Å². The van der Waals surface area contributed by atoms with Crippen LogP contribution in [0.5, 0.6) is 0 Å². The van der Waals surface area contributed by atoms with Crippen LogP contribution in [0.1, 0.15) is 53.4 Å². The summed E-state index contributed by atoms with van der Waals surface area (Å²) in [6, 6.07) is 0. The quantitative estimate of drug-likeness (QED) is 0.593. The van der Waals surface area contributed by atoms with Gasteiger partial charge in [0.05, 0.1) is 0 Å². The number of hydrogen-bond donors (Lipinski definition) is 4. The Bertz CT molecular complexity index is 42.5. The molecule has 0 rings (SSSR count). The van der Waals surface area contributed by atoms with Crippen LogP contribution in [0.2, 0.25) is 0 Å². The van der Waals surface area contributed by atoms with E-state index in [9.17, 15) is 0 Å². The van der Waals surface area contributed by atoms with E-state index in [2.05, 4.69) is 0 Å². The summed E-state index contributed by atoms with van der Waals surface area (Å²) in [5.74, 6) is 0. The van der Waals surface area contributed by atoms with Crippen molar-refractivity contribution in [3.8, 4) is 0 Å². The van der Waals surface area contributed by atoms with E-state index in [1.165, 1.54) is 0 Å². The zero-order valence-corrected chi connectivity index (χ0v) is 13.9. The predicted molar refractivity (Wildman–Crippen MR) is 66.1 cm³/mol. The van der Waals surface area contributed by atoms with Crippen molar-refractivity contribution < 1.29 is 46.6 Å². The Balaban J connectivity index is -0.0000000369. The largest absolute Gasteiger partial charge is 4.00 e. The molecule has 0 aliphatic rings. The normalized spacial score (nSPS) is 7.06. The molecule has 0 saturated heterocycles. The van der Waals surface area contributed by atoms with Gasteiger partial charge in [0, 0.05) is 0 Å². The van der Waals surface area contributed by atoms with Gasteiger partial charge in [0.1, 0.15) is 0 Å². The summed E-state index contributed by atoms with van der Waals surface area (Å²) in [4.78, 5) is 0. The Morgan fingerprint density at radius 2 is 0.588 bits per heavy atom. The summed E-state index contributed by atoms with van der Waals surface area (Å²) >= 11 is 0. The van der Waals surface area contributed by atoms with Gasteiger partial charge in [-0.15, -0.1) is 0 Å². The van der Waals surface area contributed by atoms with Gasteiger partial charge in [-0.05, 0) is 0 Å². The second kappa shape index (κ2) is 54.3. The molecular formula is C12H28O4Zr. The first kappa shape index (κ1) is 30.6. The van der Waals surface area contributed by atoms with Gasteiger partial charge in [-0.25, -0.2) is 26.4 Å². The van der Waals surface area contributed by atoms with Crippen LogP contribution in [0.25, 0.3) is 0 Å². The first-order valence-electron chi connectivity index (χ1n) is 5.49. The third-order valence-corrected chi connectivity index (χ3v) is 0.730. The Morgan fingerprint density at radius 3 is 0.588 bits per heavy atom. The monoisotopic (exact) mass is 326 g/mol. The van der Waals surface area contributed by atoms with Crippen LogP contribution in [0.15, 0.2) is 0 Å². The standard InChI is InChI=1S/4C3H7O.Zr/c4*1-2-3-4;/h4*3-4H,2H2,1H3;/q4*-1;+4. The molecule has 5 heteroatoms. The first-order chi connectivity index (χ1) is 7.66. The molecule has 0 atom stereocenters. The Morgan fingerprint density at radius 1 is 0.529 bits per heavy atom. The van der Waals surface area contributed by atoms with Gasteiger partial charge < -0.3 is 20.4 Å². The van der Waals surface area contributed by atoms with E-state index in [1.54, 1.807) is 0 Å². The molecule has 0 spiro atoms. The van der Waals surface area contributed by atoms with Crippen molar-refractivity contribution in [1.82, 2.24) is 0 Å². The van der Waals surface area contributed by atoms with Crippen LogP contribution in [0.3, 0.4) is 0 Å². The number of hydrogen-bond acceptors (Lipinski definition) is 4. The van der Waals surface area contributed by atoms with Crippen LogP contribution < -0.4 is 0 Å². The fourth-order valence-corrected chi connectivity index (χ4v) is 0. The van der Waals surface area contributed by atoms with Gasteiger partial charge >= 0.3 is 26.2 Å². The van der Waals surface area contributed by atoms with Gasteiger partial charge in [0.15, 0.2) is 0 Å². The molecule has 0 aromatic rings. The van der Waals surface area contributed by atoms with E-state index in [-0.39, 0.29) is 26.2 Å². The summed E-state index contributed by atoms with van der Waals surface area (Å²) in [5.41, 5.74) is 0. The molecule has 4 nitrogen and oxygen atoms in total. The minimum Gasteiger partial charge on any atom is -0.566 e. The molecule has 0 aliphatic carbocycles. The van der Waals surface area contributed by atoms with Crippen LogP contribution in [-0.4, -0.2) is 20.4 Å². The molecule has 0 saturated carbocycles. The Kier molecular flexibility index (Phi) is 97.9. The van der Waals surface area contributed by atoms with E-state index >= 15 is 0 Å². The fraction of sp³-hybridized carbons (Fsp3) is 0.667. The molecule has 0 unspecified atom stereocenters. The van der Waals surface area contributed by atoms with E-state index in [0.29, 0.717) is 0 Å². The summed E-state index contributed by atoms with van der Waals surface area (Å²) in [6.07, 6.45) is 3.00. The zero-order valence-electron chi connectivity index (χ0n) is 11.4. The molecule has 0 fully saturated rings. The minimum atomic E-state index is 0. The number of aliphatic hydroxyl groups excluding tert-OH is 4. The molecule has 0 radical (unpaired) electrons. The number of aliphatic hydroxyl groups is 4. The molecule has 104 valence electrons. The van der Waals surface area contributed by atoms with Crippen LogP contribution >= 0.6 is 0 Å². The fourth-order valence-electron chi connectivity index (χ4n) is 0. The molecule has 0 aromatic carbocycles. The summed E-state index contributed by atoms with van der Waals surface area (Å²) < 4.78 is 0. The third kappa shape index (κ3) is 163. The number of rotatable bonds is 4. The van der Waals surface area contributed by atoms with Gasteiger partial charge in [0.2, 0.25) is 0 Å². The third-order valence-electron chi connectivity index (χ3n) is 0.730. The molecule has 0 bridgehead atoms. The van der Waals surface area contributed by atoms with Crippen molar-refractivity contribution in [2.45, 2.75) is 53.4 Å². The summed E-state index contributed by atoms with van der Waals surface area (Å²) in [7, 11) is 0. The first-order valence-corrected chi connectivity index (χ1v) is 5.49. The van der Waals surface area contributed by atoms with Crippen molar-refractivity contribution in [1.29, 1.82) is 0 Å². The SMILES string of the molecule is CC[CH-]O.CC[CH-]O.CC[CH-]O.CC[CH-]O.[Zr+4]. The van der Waals surface area contributed by atoms with Crippen molar-refractivity contribution in [3.05, 3.63) is 26.4 Å². The van der Waals surface area contributed by atoms with E-state index in [0.717, 1.165) is 52.1 Å². The minimum absolute atomic E-state index is 0. The average Bonchev–Trinajstić information content (AvgIpc) is 2.39. The van der Waals surface area contributed by atoms with Crippen molar-refractivity contribution in [3.63, 3.8) is 0 Å². The molecule has 0 amide bonds. The molecule has 0 aliphatic heterocycles. The van der Waals surface area contributed by atoms with Crippen molar-refractivity contribution >= 4 is 0 Å². The molecule has 0 heterocycles. The Labute approximate surface area is 126 Å². The van der Waals surface area contributed by atoms with Gasteiger partial charge in [-0.1, -0.05) is 27.7 Å². The van der Waals surface area contributed by atoms with E-state index < -0.39 is 0 Å². The maximum absolute atomic E-state index is 7.75. The van der Waals surface area contributed by atoms with Crippen LogP contribution in [-0.2, 0) is 26.2 Å². The summed E-state index contributed by atoms with van der Waals surface area (Å²) in [5, 5.41) is 31.0. The second-order valence-electron chi connectivity index (χ2n) is 2.36. The van der Waals surface area contributed by atoms with Crippen molar-refractivity contribution in [2.24, 2.45) is 0 Å². The maximum Gasteiger partial charge on any atom is 4.00 e. The smallest absolute Gasteiger partial charge is 0.566 e.